The van der Waals surface area contributed by atoms with Crippen LogP contribution >= 0.6 is 0 Å². The van der Waals surface area contributed by atoms with Crippen LogP contribution in [-0.2, 0) is 22.7 Å². The minimum atomic E-state index is -0.0633. The Bertz CT molecular complexity index is 688. The number of amides is 2. The molecule has 2 aromatic rings. The maximum atomic E-state index is 12.4. The molecule has 148 valence electrons. The van der Waals surface area contributed by atoms with E-state index in [1.165, 1.54) is 0 Å². The summed E-state index contributed by atoms with van der Waals surface area (Å²) in [5.74, 6) is -0.127. The van der Waals surface area contributed by atoms with Crippen molar-refractivity contribution >= 4 is 11.8 Å². The third-order valence-corrected chi connectivity index (χ3v) is 4.91. The smallest absolute Gasteiger partial charge is 0.234 e. The molecule has 0 aromatic heterocycles. The van der Waals surface area contributed by atoms with Crippen molar-refractivity contribution in [1.82, 2.24) is 20.9 Å². The highest BCUT2D eigenvalue weighted by Gasteiger charge is 2.25. The minimum Gasteiger partial charge on any atom is -0.351 e. The summed E-state index contributed by atoms with van der Waals surface area (Å²) in [6.07, 6.45) is 0.942. The van der Waals surface area contributed by atoms with Gasteiger partial charge in [0.1, 0.15) is 0 Å². The van der Waals surface area contributed by atoms with Crippen molar-refractivity contribution in [2.75, 3.05) is 26.2 Å². The second-order valence-corrected chi connectivity index (χ2v) is 7.08. The maximum absolute atomic E-state index is 12.4. The first-order chi connectivity index (χ1) is 13.7. The molecule has 28 heavy (non-hydrogen) atoms. The summed E-state index contributed by atoms with van der Waals surface area (Å²) in [6, 6.07) is 19.8. The van der Waals surface area contributed by atoms with Crippen LogP contribution in [0.1, 0.15) is 17.5 Å². The van der Waals surface area contributed by atoms with Gasteiger partial charge in [0, 0.05) is 25.7 Å². The van der Waals surface area contributed by atoms with E-state index in [0.29, 0.717) is 13.1 Å². The molecule has 3 rings (SSSR count). The second kappa shape index (κ2) is 10.6. The van der Waals surface area contributed by atoms with Crippen LogP contribution in [0.15, 0.2) is 60.7 Å². The van der Waals surface area contributed by atoms with Crippen molar-refractivity contribution in [3.8, 4) is 0 Å². The number of carbonyl (C=O) groups is 2. The van der Waals surface area contributed by atoms with Gasteiger partial charge in [-0.3, -0.25) is 14.5 Å². The lowest BCUT2D eigenvalue weighted by molar-refractivity contribution is -0.126. The number of rotatable bonds is 9. The highest BCUT2D eigenvalue weighted by atomic mass is 16.2. The Kier molecular flexibility index (Phi) is 7.58. The lowest BCUT2D eigenvalue weighted by Gasteiger charge is -2.27. The third-order valence-electron chi connectivity index (χ3n) is 4.91. The van der Waals surface area contributed by atoms with Crippen LogP contribution in [-0.4, -0.2) is 48.9 Å². The summed E-state index contributed by atoms with van der Waals surface area (Å²) >= 11 is 0. The fourth-order valence-electron chi connectivity index (χ4n) is 3.34. The topological polar surface area (TPSA) is 73.5 Å². The lowest BCUT2D eigenvalue weighted by Crippen LogP contribution is -2.48. The van der Waals surface area contributed by atoms with E-state index in [-0.39, 0.29) is 30.9 Å². The van der Waals surface area contributed by atoms with E-state index < -0.39 is 0 Å². The average molecular weight is 380 g/mol. The Morgan fingerprint density at radius 2 is 1.36 bits per heavy atom. The Morgan fingerprint density at radius 3 is 1.79 bits per heavy atom. The zero-order valence-corrected chi connectivity index (χ0v) is 16.1. The Morgan fingerprint density at radius 1 is 0.857 bits per heavy atom. The van der Waals surface area contributed by atoms with E-state index in [9.17, 15) is 9.59 Å². The molecular formula is C22H28N4O2. The first-order valence-electron chi connectivity index (χ1n) is 9.77. The van der Waals surface area contributed by atoms with Crippen LogP contribution in [0.4, 0.5) is 0 Å². The van der Waals surface area contributed by atoms with Crippen LogP contribution in [0.2, 0.25) is 0 Å². The monoisotopic (exact) mass is 380 g/mol. The molecule has 1 fully saturated rings. The van der Waals surface area contributed by atoms with Crippen LogP contribution in [0.25, 0.3) is 0 Å². The van der Waals surface area contributed by atoms with Gasteiger partial charge in [0.15, 0.2) is 0 Å². The normalized spacial score (nSPS) is 16.1. The fraction of sp³-hybridized carbons (Fsp3) is 0.364. The standard InChI is InChI=1S/C22H28N4O2/c27-21(24-13-18-7-3-1-4-8-18)16-26(20-11-12-23-15-20)17-22(28)25-14-19-9-5-2-6-10-19/h1-10,20,23H,11-17H2,(H,24,27)(H,25,28). The van der Waals surface area contributed by atoms with E-state index in [1.54, 1.807) is 0 Å². The van der Waals surface area contributed by atoms with Gasteiger partial charge >= 0.3 is 0 Å². The van der Waals surface area contributed by atoms with Gasteiger partial charge in [-0.05, 0) is 24.1 Å². The number of hydrogen-bond acceptors (Lipinski definition) is 4. The molecule has 0 saturated carbocycles. The molecule has 1 heterocycles. The van der Waals surface area contributed by atoms with Gasteiger partial charge in [-0.2, -0.15) is 0 Å². The van der Waals surface area contributed by atoms with Crippen molar-refractivity contribution in [2.24, 2.45) is 0 Å². The molecule has 1 atom stereocenters. The first kappa shape index (κ1) is 20.0. The molecule has 6 heteroatoms. The summed E-state index contributed by atoms with van der Waals surface area (Å²) in [5.41, 5.74) is 2.12. The lowest BCUT2D eigenvalue weighted by atomic mass is 10.2. The molecule has 2 amide bonds. The Hall–Kier alpha value is -2.70. The zero-order chi connectivity index (χ0) is 19.6. The van der Waals surface area contributed by atoms with Gasteiger partial charge in [0.05, 0.1) is 13.1 Å². The highest BCUT2D eigenvalue weighted by molar-refractivity contribution is 5.81. The van der Waals surface area contributed by atoms with Gasteiger partial charge in [-0.15, -0.1) is 0 Å². The van der Waals surface area contributed by atoms with E-state index >= 15 is 0 Å². The average Bonchev–Trinajstić information content (AvgIpc) is 3.27. The molecule has 1 saturated heterocycles. The molecule has 1 aliphatic heterocycles. The second-order valence-electron chi connectivity index (χ2n) is 7.08. The molecule has 0 radical (unpaired) electrons. The molecule has 1 unspecified atom stereocenters. The van der Waals surface area contributed by atoms with Crippen molar-refractivity contribution < 1.29 is 9.59 Å². The number of hydrogen-bond donors (Lipinski definition) is 3. The van der Waals surface area contributed by atoms with E-state index in [0.717, 1.165) is 30.6 Å². The highest BCUT2D eigenvalue weighted by Crippen LogP contribution is 2.08. The summed E-state index contributed by atoms with van der Waals surface area (Å²) < 4.78 is 0. The van der Waals surface area contributed by atoms with E-state index in [4.69, 9.17) is 0 Å². The third kappa shape index (κ3) is 6.48. The van der Waals surface area contributed by atoms with Gasteiger partial charge in [0.25, 0.3) is 0 Å². The predicted molar refractivity (Wildman–Crippen MR) is 109 cm³/mol. The van der Waals surface area contributed by atoms with Crippen LogP contribution < -0.4 is 16.0 Å². The number of benzene rings is 2. The minimum absolute atomic E-state index is 0.0633. The van der Waals surface area contributed by atoms with Gasteiger partial charge < -0.3 is 16.0 Å². The SMILES string of the molecule is O=C(CN(CC(=O)NCc1ccccc1)C1CCNC1)NCc1ccccc1. The molecule has 1 aliphatic rings. The fourth-order valence-corrected chi connectivity index (χ4v) is 3.34. The Balaban J connectivity index is 1.50. The molecule has 0 spiro atoms. The molecule has 0 aliphatic carbocycles. The molecule has 0 bridgehead atoms. The van der Waals surface area contributed by atoms with Crippen molar-refractivity contribution in [1.29, 1.82) is 0 Å². The summed E-state index contributed by atoms with van der Waals surface area (Å²) in [7, 11) is 0. The number of carbonyl (C=O) groups excluding carboxylic acids is 2. The molecule has 3 N–H and O–H groups in total. The van der Waals surface area contributed by atoms with E-state index in [1.807, 2.05) is 65.6 Å². The zero-order valence-electron chi connectivity index (χ0n) is 16.1. The van der Waals surface area contributed by atoms with Gasteiger partial charge in [0.2, 0.25) is 11.8 Å². The number of nitrogens with zero attached hydrogens (tertiary/aromatic N) is 1. The summed E-state index contributed by atoms with van der Waals surface area (Å²) in [5, 5.41) is 9.21. The van der Waals surface area contributed by atoms with Gasteiger partial charge in [-0.1, -0.05) is 60.7 Å². The Labute approximate surface area is 166 Å². The van der Waals surface area contributed by atoms with Crippen LogP contribution in [0, 0.1) is 0 Å². The van der Waals surface area contributed by atoms with Crippen LogP contribution in [0.3, 0.4) is 0 Å². The largest absolute Gasteiger partial charge is 0.351 e. The van der Waals surface area contributed by atoms with E-state index in [2.05, 4.69) is 16.0 Å². The van der Waals surface area contributed by atoms with Crippen molar-refractivity contribution in [3.63, 3.8) is 0 Å². The quantitative estimate of drug-likeness (QED) is 0.613. The first-order valence-corrected chi connectivity index (χ1v) is 9.77. The maximum Gasteiger partial charge on any atom is 0.234 e. The molecule has 6 nitrogen and oxygen atoms in total. The predicted octanol–water partition coefficient (Wildman–Crippen LogP) is 1.28. The van der Waals surface area contributed by atoms with Crippen LogP contribution in [0.5, 0.6) is 0 Å². The molecule has 2 aromatic carbocycles. The summed E-state index contributed by atoms with van der Waals surface area (Å²) in [4.78, 5) is 26.9. The van der Waals surface area contributed by atoms with Crippen molar-refractivity contribution in [3.05, 3.63) is 71.8 Å². The molecular weight excluding hydrogens is 352 g/mol. The summed E-state index contributed by atoms with van der Waals surface area (Å²) in [6.45, 7) is 3.15. The van der Waals surface area contributed by atoms with Gasteiger partial charge in [-0.25, -0.2) is 0 Å². The number of nitrogens with one attached hydrogen (secondary N) is 3. The van der Waals surface area contributed by atoms with Crippen molar-refractivity contribution in [2.45, 2.75) is 25.6 Å².